The summed E-state index contributed by atoms with van der Waals surface area (Å²) < 4.78 is 9.89. The second-order valence-corrected chi connectivity index (χ2v) is 2.74. The van der Waals surface area contributed by atoms with Gasteiger partial charge in [-0.25, -0.2) is 0 Å². The second-order valence-electron chi connectivity index (χ2n) is 2.74. The molecule has 0 fully saturated rings. The molecule has 0 saturated heterocycles. The molecule has 0 aromatic heterocycles. The molecule has 0 atom stereocenters. The number of nitrogens with zero attached hydrogens (tertiary/aromatic N) is 3. The lowest BCUT2D eigenvalue weighted by Crippen LogP contribution is -1.91. The summed E-state index contributed by atoms with van der Waals surface area (Å²) in [6.45, 7) is 0.184. The molecule has 80 valence electrons. The van der Waals surface area contributed by atoms with E-state index in [1.54, 1.807) is 12.1 Å². The van der Waals surface area contributed by atoms with Crippen LogP contribution in [-0.2, 0) is 6.54 Å². The van der Waals surface area contributed by atoms with Crippen LogP contribution in [0.15, 0.2) is 17.2 Å². The van der Waals surface area contributed by atoms with E-state index >= 15 is 0 Å². The Labute approximate surface area is 86.7 Å². The number of azide groups is 1. The van der Waals surface area contributed by atoms with Gasteiger partial charge in [-0.2, -0.15) is 0 Å². The normalized spacial score (nSPS) is 9.20. The van der Waals surface area contributed by atoms with E-state index in [0.29, 0.717) is 5.56 Å². The molecule has 1 rings (SSSR count). The summed E-state index contributed by atoms with van der Waals surface area (Å²) >= 11 is 0. The predicted molar refractivity (Wildman–Crippen MR) is 54.1 cm³/mol. The highest BCUT2D eigenvalue weighted by Gasteiger charge is 2.10. The van der Waals surface area contributed by atoms with Crippen molar-refractivity contribution in [1.29, 1.82) is 0 Å². The monoisotopic (exact) mass is 209 g/mol. The third-order valence-corrected chi connectivity index (χ3v) is 1.86. The van der Waals surface area contributed by atoms with Crippen molar-refractivity contribution in [2.75, 3.05) is 14.2 Å². The maximum absolute atomic E-state index is 9.59. The van der Waals surface area contributed by atoms with E-state index in [-0.39, 0.29) is 23.8 Å². The Balaban J connectivity index is 3.14. The van der Waals surface area contributed by atoms with Crippen molar-refractivity contribution in [2.24, 2.45) is 5.11 Å². The number of aromatic hydroxyl groups is 1. The Hall–Kier alpha value is -2.07. The topological polar surface area (TPSA) is 87.5 Å². The maximum Gasteiger partial charge on any atom is 0.200 e. The van der Waals surface area contributed by atoms with Crippen molar-refractivity contribution in [1.82, 2.24) is 0 Å². The first-order chi connectivity index (χ1) is 7.22. The van der Waals surface area contributed by atoms with Crippen molar-refractivity contribution in [2.45, 2.75) is 6.54 Å². The molecule has 0 heterocycles. The molecule has 0 aliphatic rings. The summed E-state index contributed by atoms with van der Waals surface area (Å²) in [7, 11) is 2.87. The van der Waals surface area contributed by atoms with Gasteiger partial charge in [-0.05, 0) is 23.2 Å². The molecule has 1 N–H and O–H groups in total. The molecule has 0 aliphatic carbocycles. The van der Waals surface area contributed by atoms with Crippen molar-refractivity contribution in [3.63, 3.8) is 0 Å². The number of hydrogen-bond acceptors (Lipinski definition) is 4. The molecule has 0 aliphatic heterocycles. The lowest BCUT2D eigenvalue weighted by atomic mass is 10.2. The van der Waals surface area contributed by atoms with Crippen LogP contribution in [0.2, 0.25) is 0 Å². The third kappa shape index (κ3) is 2.45. The van der Waals surface area contributed by atoms with E-state index in [9.17, 15) is 5.11 Å². The van der Waals surface area contributed by atoms with Gasteiger partial charge in [0, 0.05) is 4.91 Å². The van der Waals surface area contributed by atoms with Crippen LogP contribution >= 0.6 is 0 Å². The number of rotatable bonds is 4. The number of methoxy groups -OCH3 is 2. The van der Waals surface area contributed by atoms with Gasteiger partial charge < -0.3 is 14.6 Å². The van der Waals surface area contributed by atoms with Crippen LogP contribution in [0.3, 0.4) is 0 Å². The fourth-order valence-electron chi connectivity index (χ4n) is 1.15. The Bertz CT molecular complexity index is 375. The van der Waals surface area contributed by atoms with Crippen molar-refractivity contribution in [3.8, 4) is 17.2 Å². The zero-order valence-electron chi connectivity index (χ0n) is 8.47. The summed E-state index contributed by atoms with van der Waals surface area (Å²) in [6, 6.07) is 3.18. The molecule has 0 saturated carbocycles. The minimum Gasteiger partial charge on any atom is -0.502 e. The smallest absolute Gasteiger partial charge is 0.200 e. The minimum absolute atomic E-state index is 0.0651. The lowest BCUT2D eigenvalue weighted by molar-refractivity contribution is 0.339. The van der Waals surface area contributed by atoms with Crippen LogP contribution in [0, 0.1) is 0 Å². The molecule has 0 amide bonds. The highest BCUT2D eigenvalue weighted by atomic mass is 16.5. The van der Waals surface area contributed by atoms with E-state index < -0.39 is 0 Å². The lowest BCUT2D eigenvalue weighted by Gasteiger charge is -2.09. The Morgan fingerprint density at radius 3 is 2.27 bits per heavy atom. The zero-order valence-corrected chi connectivity index (χ0v) is 8.47. The minimum atomic E-state index is -0.0651. The number of phenolic OH excluding ortho intramolecular Hbond substituents is 1. The van der Waals surface area contributed by atoms with E-state index in [1.807, 2.05) is 0 Å². The van der Waals surface area contributed by atoms with Gasteiger partial charge in [-0.3, -0.25) is 0 Å². The maximum atomic E-state index is 9.59. The van der Waals surface area contributed by atoms with Gasteiger partial charge >= 0.3 is 0 Å². The molecule has 0 spiro atoms. The molecule has 1 aromatic rings. The van der Waals surface area contributed by atoms with Crippen LogP contribution in [0.4, 0.5) is 0 Å². The van der Waals surface area contributed by atoms with Gasteiger partial charge in [0.25, 0.3) is 0 Å². The van der Waals surface area contributed by atoms with Gasteiger partial charge in [-0.1, -0.05) is 5.11 Å². The Kier molecular flexibility index (Phi) is 3.65. The van der Waals surface area contributed by atoms with Crippen LogP contribution in [0.25, 0.3) is 10.4 Å². The number of benzene rings is 1. The molecular formula is C9H11N3O3. The average molecular weight is 209 g/mol. The van der Waals surface area contributed by atoms with E-state index in [1.165, 1.54) is 14.2 Å². The summed E-state index contributed by atoms with van der Waals surface area (Å²) in [5.41, 5.74) is 8.89. The Morgan fingerprint density at radius 1 is 1.33 bits per heavy atom. The predicted octanol–water partition coefficient (Wildman–Crippen LogP) is 2.22. The summed E-state index contributed by atoms with van der Waals surface area (Å²) in [6.07, 6.45) is 0. The molecule has 15 heavy (non-hydrogen) atoms. The Morgan fingerprint density at radius 2 is 1.87 bits per heavy atom. The van der Waals surface area contributed by atoms with Gasteiger partial charge in [0.15, 0.2) is 11.5 Å². The van der Waals surface area contributed by atoms with Crippen LogP contribution in [-0.4, -0.2) is 19.3 Å². The molecule has 0 unspecified atom stereocenters. The SMILES string of the molecule is COc1cc(CN=[N+]=[N-])cc(OC)c1O. The number of hydrogen-bond donors (Lipinski definition) is 1. The second kappa shape index (κ2) is 4.97. The molecule has 6 heteroatoms. The third-order valence-electron chi connectivity index (χ3n) is 1.86. The fraction of sp³-hybridized carbons (Fsp3) is 0.333. The zero-order chi connectivity index (χ0) is 11.3. The highest BCUT2D eigenvalue weighted by molar-refractivity contribution is 5.52. The van der Waals surface area contributed by atoms with Gasteiger partial charge in [0.05, 0.1) is 20.8 Å². The quantitative estimate of drug-likeness (QED) is 0.468. The molecular weight excluding hydrogens is 198 g/mol. The van der Waals surface area contributed by atoms with Crippen molar-refractivity contribution >= 4 is 0 Å². The molecule has 1 aromatic carbocycles. The van der Waals surface area contributed by atoms with Crippen molar-refractivity contribution < 1.29 is 14.6 Å². The summed E-state index contributed by atoms with van der Waals surface area (Å²) in [4.78, 5) is 2.65. The largest absolute Gasteiger partial charge is 0.502 e. The summed E-state index contributed by atoms with van der Waals surface area (Å²) in [5, 5.41) is 13.0. The van der Waals surface area contributed by atoms with Crippen LogP contribution in [0.1, 0.15) is 5.56 Å². The van der Waals surface area contributed by atoms with Crippen LogP contribution in [0.5, 0.6) is 17.2 Å². The van der Waals surface area contributed by atoms with Gasteiger partial charge in [0.2, 0.25) is 5.75 Å². The number of phenols is 1. The standard InChI is InChI=1S/C9H11N3O3/c1-14-7-3-6(5-11-12-10)4-8(15-2)9(7)13/h3-4,13H,5H2,1-2H3. The van der Waals surface area contributed by atoms with E-state index in [0.717, 1.165) is 0 Å². The molecule has 0 radical (unpaired) electrons. The molecule has 0 bridgehead atoms. The summed E-state index contributed by atoms with van der Waals surface area (Å²) in [5.74, 6) is 0.514. The first-order valence-electron chi connectivity index (χ1n) is 4.17. The average Bonchev–Trinajstić information content (AvgIpc) is 2.27. The first-order valence-corrected chi connectivity index (χ1v) is 4.17. The molecule has 6 nitrogen and oxygen atoms in total. The fourth-order valence-corrected chi connectivity index (χ4v) is 1.15. The van der Waals surface area contributed by atoms with Gasteiger partial charge in [0.1, 0.15) is 0 Å². The highest BCUT2D eigenvalue weighted by Crippen LogP contribution is 2.37. The van der Waals surface area contributed by atoms with E-state index in [4.69, 9.17) is 15.0 Å². The van der Waals surface area contributed by atoms with E-state index in [2.05, 4.69) is 10.0 Å². The van der Waals surface area contributed by atoms with Gasteiger partial charge in [-0.15, -0.1) is 0 Å². The van der Waals surface area contributed by atoms with Crippen molar-refractivity contribution in [3.05, 3.63) is 28.1 Å². The number of ether oxygens (including phenoxy) is 2. The first kappa shape index (κ1) is 11.0. The van der Waals surface area contributed by atoms with Crippen LogP contribution < -0.4 is 9.47 Å².